The van der Waals surface area contributed by atoms with Crippen LogP contribution in [0.3, 0.4) is 0 Å². The van der Waals surface area contributed by atoms with Crippen molar-refractivity contribution in [2.24, 2.45) is 5.92 Å². The van der Waals surface area contributed by atoms with Crippen LogP contribution in [-0.2, 0) is 9.53 Å². The van der Waals surface area contributed by atoms with Crippen molar-refractivity contribution < 1.29 is 18.7 Å². The second-order valence-electron chi connectivity index (χ2n) is 7.22. The molecular formula is C23H22FN3O3. The van der Waals surface area contributed by atoms with E-state index in [0.29, 0.717) is 17.1 Å². The summed E-state index contributed by atoms with van der Waals surface area (Å²) in [4.78, 5) is 24.5. The fraction of sp³-hybridized carbons (Fsp3) is 0.261. The normalized spacial score (nSPS) is 13.5. The average Bonchev–Trinajstić information content (AvgIpc) is 3.13. The molecular weight excluding hydrogens is 385 g/mol. The standard InChI is InChI=1S/C23H22FN3O3/c1-2-30-23(29)20-14-21(27(26-20)19-11-5-9-17(24)13-19)16-8-4-10-18(12-16)25-22(28)15-6-3-7-15/h4-5,8-15H,2-3,6-7H2,1H3,(H,25,28). The summed E-state index contributed by atoms with van der Waals surface area (Å²) < 4.78 is 20.4. The van der Waals surface area contributed by atoms with Crippen molar-refractivity contribution in [3.8, 4) is 16.9 Å². The Morgan fingerprint density at radius 3 is 2.67 bits per heavy atom. The van der Waals surface area contributed by atoms with Gasteiger partial charge in [-0.15, -0.1) is 0 Å². The van der Waals surface area contributed by atoms with Crippen LogP contribution in [0.2, 0.25) is 0 Å². The highest BCUT2D eigenvalue weighted by Crippen LogP contribution is 2.30. The zero-order valence-electron chi connectivity index (χ0n) is 16.6. The number of ether oxygens (including phenoxy) is 1. The third-order valence-electron chi connectivity index (χ3n) is 5.15. The van der Waals surface area contributed by atoms with E-state index in [2.05, 4.69) is 10.4 Å². The fourth-order valence-electron chi connectivity index (χ4n) is 3.37. The second kappa shape index (κ2) is 8.49. The fourth-order valence-corrected chi connectivity index (χ4v) is 3.37. The van der Waals surface area contributed by atoms with Crippen LogP contribution in [0.25, 0.3) is 16.9 Å². The third-order valence-corrected chi connectivity index (χ3v) is 5.15. The number of amides is 1. The molecule has 4 rings (SSSR count). The van der Waals surface area contributed by atoms with Crippen LogP contribution in [0.4, 0.5) is 10.1 Å². The number of esters is 1. The quantitative estimate of drug-likeness (QED) is 0.607. The molecule has 1 heterocycles. The minimum Gasteiger partial charge on any atom is -0.461 e. The molecule has 0 saturated heterocycles. The molecule has 154 valence electrons. The van der Waals surface area contributed by atoms with Gasteiger partial charge in [0.2, 0.25) is 5.91 Å². The van der Waals surface area contributed by atoms with Gasteiger partial charge in [0.05, 0.1) is 18.0 Å². The number of hydrogen-bond acceptors (Lipinski definition) is 4. The Morgan fingerprint density at radius 2 is 1.97 bits per heavy atom. The van der Waals surface area contributed by atoms with Crippen molar-refractivity contribution in [3.05, 3.63) is 66.1 Å². The third kappa shape index (κ3) is 4.10. The molecule has 6 nitrogen and oxygen atoms in total. The number of benzene rings is 2. The summed E-state index contributed by atoms with van der Waals surface area (Å²) >= 11 is 0. The first-order valence-corrected chi connectivity index (χ1v) is 9.99. The van der Waals surface area contributed by atoms with Crippen molar-refractivity contribution in [2.45, 2.75) is 26.2 Å². The van der Waals surface area contributed by atoms with Crippen molar-refractivity contribution in [1.29, 1.82) is 0 Å². The summed E-state index contributed by atoms with van der Waals surface area (Å²) in [5, 5.41) is 7.30. The van der Waals surface area contributed by atoms with E-state index in [-0.39, 0.29) is 24.1 Å². The minimum absolute atomic E-state index is 0.0178. The van der Waals surface area contributed by atoms with Gasteiger partial charge >= 0.3 is 5.97 Å². The minimum atomic E-state index is -0.552. The van der Waals surface area contributed by atoms with Crippen LogP contribution in [-0.4, -0.2) is 28.3 Å². The molecule has 0 atom stereocenters. The highest BCUT2D eigenvalue weighted by Gasteiger charge is 2.25. The van der Waals surface area contributed by atoms with Gasteiger partial charge in [0.1, 0.15) is 5.82 Å². The maximum atomic E-state index is 13.8. The number of nitrogens with zero attached hydrogens (tertiary/aromatic N) is 2. The second-order valence-corrected chi connectivity index (χ2v) is 7.22. The maximum absolute atomic E-state index is 13.8. The first kappa shape index (κ1) is 19.8. The predicted octanol–water partition coefficient (Wildman–Crippen LogP) is 4.59. The Kier molecular flexibility index (Phi) is 5.61. The van der Waals surface area contributed by atoms with Gasteiger partial charge in [-0.2, -0.15) is 5.10 Å². The lowest BCUT2D eigenvalue weighted by molar-refractivity contribution is -0.122. The Bertz CT molecular complexity index is 1090. The SMILES string of the molecule is CCOC(=O)c1cc(-c2cccc(NC(=O)C3CCC3)c2)n(-c2cccc(F)c2)n1. The largest absolute Gasteiger partial charge is 0.461 e. The van der Waals surface area contributed by atoms with Gasteiger partial charge in [-0.05, 0) is 56.2 Å². The Morgan fingerprint density at radius 1 is 1.17 bits per heavy atom. The number of aromatic nitrogens is 2. The van der Waals surface area contributed by atoms with Gasteiger partial charge in [-0.1, -0.05) is 24.6 Å². The first-order chi connectivity index (χ1) is 14.5. The predicted molar refractivity (Wildman–Crippen MR) is 111 cm³/mol. The van der Waals surface area contributed by atoms with Crippen LogP contribution >= 0.6 is 0 Å². The van der Waals surface area contributed by atoms with Gasteiger partial charge < -0.3 is 10.1 Å². The van der Waals surface area contributed by atoms with E-state index in [4.69, 9.17) is 4.74 Å². The zero-order chi connectivity index (χ0) is 21.1. The van der Waals surface area contributed by atoms with Crippen LogP contribution in [0.15, 0.2) is 54.6 Å². The van der Waals surface area contributed by atoms with Crippen LogP contribution < -0.4 is 5.32 Å². The van der Waals surface area contributed by atoms with Crippen molar-refractivity contribution in [1.82, 2.24) is 9.78 Å². The molecule has 1 aliphatic carbocycles. The topological polar surface area (TPSA) is 73.2 Å². The number of rotatable bonds is 6. The van der Waals surface area contributed by atoms with E-state index in [1.165, 1.54) is 16.8 Å². The summed E-state index contributed by atoms with van der Waals surface area (Å²) in [6.07, 6.45) is 2.92. The lowest BCUT2D eigenvalue weighted by Crippen LogP contribution is -2.27. The molecule has 1 saturated carbocycles. The maximum Gasteiger partial charge on any atom is 0.358 e. The highest BCUT2D eigenvalue weighted by atomic mass is 19.1. The summed E-state index contributed by atoms with van der Waals surface area (Å²) in [6.45, 7) is 1.94. The van der Waals surface area contributed by atoms with Crippen molar-refractivity contribution in [3.63, 3.8) is 0 Å². The highest BCUT2D eigenvalue weighted by molar-refractivity contribution is 5.94. The summed E-state index contributed by atoms with van der Waals surface area (Å²) in [5.41, 5.74) is 2.58. The summed E-state index contributed by atoms with van der Waals surface area (Å²) in [6, 6.07) is 14.9. The molecule has 1 aromatic heterocycles. The molecule has 0 aliphatic heterocycles. The summed E-state index contributed by atoms with van der Waals surface area (Å²) in [5.74, 6) is -0.873. The van der Waals surface area contributed by atoms with Gasteiger partial charge in [0, 0.05) is 17.2 Å². The number of hydrogen-bond donors (Lipinski definition) is 1. The Labute approximate surface area is 173 Å². The lowest BCUT2D eigenvalue weighted by atomic mass is 9.85. The van der Waals surface area contributed by atoms with Crippen molar-refractivity contribution in [2.75, 3.05) is 11.9 Å². The van der Waals surface area contributed by atoms with Gasteiger partial charge in [-0.25, -0.2) is 13.9 Å². The molecule has 2 aromatic carbocycles. The van der Waals surface area contributed by atoms with Crippen LogP contribution in [0, 0.1) is 11.7 Å². The number of halogens is 1. The molecule has 1 aliphatic rings. The zero-order valence-corrected chi connectivity index (χ0v) is 16.6. The Hall–Kier alpha value is -3.48. The summed E-state index contributed by atoms with van der Waals surface area (Å²) in [7, 11) is 0. The first-order valence-electron chi connectivity index (χ1n) is 9.99. The molecule has 0 unspecified atom stereocenters. The lowest BCUT2D eigenvalue weighted by Gasteiger charge is -2.24. The smallest absolute Gasteiger partial charge is 0.358 e. The molecule has 3 aromatic rings. The number of carbonyl (C=O) groups excluding carboxylic acids is 2. The van der Waals surface area contributed by atoms with Crippen LogP contribution in [0.5, 0.6) is 0 Å². The van der Waals surface area contributed by atoms with E-state index in [1.54, 1.807) is 25.1 Å². The molecule has 30 heavy (non-hydrogen) atoms. The van der Waals surface area contributed by atoms with E-state index in [1.807, 2.05) is 24.3 Å². The molecule has 1 amide bonds. The molecule has 0 radical (unpaired) electrons. The molecule has 7 heteroatoms. The van der Waals surface area contributed by atoms with E-state index in [0.717, 1.165) is 24.8 Å². The molecule has 0 bridgehead atoms. The van der Waals surface area contributed by atoms with Gasteiger partial charge in [0.25, 0.3) is 0 Å². The van der Waals surface area contributed by atoms with E-state index in [9.17, 15) is 14.0 Å². The van der Waals surface area contributed by atoms with Gasteiger partial charge in [-0.3, -0.25) is 4.79 Å². The monoisotopic (exact) mass is 407 g/mol. The van der Waals surface area contributed by atoms with Crippen LogP contribution in [0.1, 0.15) is 36.7 Å². The van der Waals surface area contributed by atoms with E-state index < -0.39 is 11.8 Å². The van der Waals surface area contributed by atoms with Gasteiger partial charge in [0.15, 0.2) is 5.69 Å². The molecule has 1 fully saturated rings. The molecule has 1 N–H and O–H groups in total. The average molecular weight is 407 g/mol. The number of carbonyl (C=O) groups is 2. The number of nitrogens with one attached hydrogen (secondary N) is 1. The number of anilines is 1. The molecule has 0 spiro atoms. The van der Waals surface area contributed by atoms with E-state index >= 15 is 0 Å². The Balaban J connectivity index is 1.72. The van der Waals surface area contributed by atoms with Crippen molar-refractivity contribution >= 4 is 17.6 Å².